The number of aryl methyl sites for hydroxylation is 1. The third-order valence-electron chi connectivity index (χ3n) is 2.30. The van der Waals surface area contributed by atoms with Crippen LogP contribution < -0.4 is 4.74 Å². The normalized spacial score (nSPS) is 10.4. The van der Waals surface area contributed by atoms with Crippen molar-refractivity contribution in [3.05, 3.63) is 45.9 Å². The Morgan fingerprint density at radius 1 is 1.44 bits per heavy atom. The summed E-state index contributed by atoms with van der Waals surface area (Å²) in [5, 5.41) is 0. The second-order valence-corrected chi connectivity index (χ2v) is 4.70. The van der Waals surface area contributed by atoms with E-state index in [2.05, 4.69) is 25.9 Å². The van der Waals surface area contributed by atoms with Crippen LogP contribution in [0.3, 0.4) is 0 Å². The molecule has 1 aromatic heterocycles. The van der Waals surface area contributed by atoms with Gasteiger partial charge in [0, 0.05) is 23.5 Å². The molecule has 2 rings (SSSR count). The Morgan fingerprint density at radius 3 is 2.89 bits per heavy atom. The van der Waals surface area contributed by atoms with Crippen LogP contribution in [0.5, 0.6) is 11.8 Å². The lowest BCUT2D eigenvalue weighted by Gasteiger charge is -2.07. The fourth-order valence-corrected chi connectivity index (χ4v) is 1.89. The number of rotatable bonds is 3. The zero-order valence-corrected chi connectivity index (χ0v) is 11.8. The van der Waals surface area contributed by atoms with E-state index >= 15 is 0 Å². The Bertz CT molecular complexity index is 580. The molecule has 1 heterocycles. The van der Waals surface area contributed by atoms with Crippen molar-refractivity contribution < 1.29 is 9.13 Å². The largest absolute Gasteiger partial charge is 0.423 e. The van der Waals surface area contributed by atoms with E-state index in [4.69, 9.17) is 16.3 Å². The molecule has 0 spiro atoms. The standard InChI is InChI=1S/C12H9BrClFN2O/c1-7-8(5-14)6-16-12(17-7)18-11-4-9(15)2-3-10(11)13/h2-4,6H,5H2,1H3. The van der Waals surface area contributed by atoms with E-state index in [0.717, 1.165) is 11.3 Å². The molecule has 0 bridgehead atoms. The molecule has 0 saturated heterocycles. The molecule has 0 fully saturated rings. The molecule has 3 nitrogen and oxygen atoms in total. The highest BCUT2D eigenvalue weighted by Gasteiger charge is 2.08. The maximum atomic E-state index is 13.1. The Balaban J connectivity index is 2.28. The molecule has 0 saturated carbocycles. The summed E-state index contributed by atoms with van der Waals surface area (Å²) in [4.78, 5) is 8.16. The first-order chi connectivity index (χ1) is 8.60. The zero-order valence-electron chi connectivity index (χ0n) is 9.45. The first kappa shape index (κ1) is 13.2. The third kappa shape index (κ3) is 2.97. The summed E-state index contributed by atoms with van der Waals surface area (Å²) in [5.74, 6) is 0.283. The average Bonchev–Trinajstić information content (AvgIpc) is 2.34. The minimum atomic E-state index is -0.387. The van der Waals surface area contributed by atoms with Crippen LogP contribution in [0.1, 0.15) is 11.3 Å². The van der Waals surface area contributed by atoms with Gasteiger partial charge in [-0.3, -0.25) is 0 Å². The van der Waals surface area contributed by atoms with Crippen LogP contribution in [0, 0.1) is 12.7 Å². The van der Waals surface area contributed by atoms with Crippen LogP contribution >= 0.6 is 27.5 Å². The topological polar surface area (TPSA) is 35.0 Å². The molecule has 0 atom stereocenters. The number of aromatic nitrogens is 2. The summed E-state index contributed by atoms with van der Waals surface area (Å²) in [6, 6.07) is 4.32. The van der Waals surface area contributed by atoms with E-state index < -0.39 is 0 Å². The lowest BCUT2D eigenvalue weighted by Crippen LogP contribution is -1.97. The predicted octanol–water partition coefficient (Wildman–Crippen LogP) is 4.22. The van der Waals surface area contributed by atoms with Gasteiger partial charge in [0.1, 0.15) is 11.6 Å². The van der Waals surface area contributed by atoms with Crippen molar-refractivity contribution in [3.63, 3.8) is 0 Å². The van der Waals surface area contributed by atoms with Gasteiger partial charge in [0.05, 0.1) is 10.4 Å². The molecule has 0 radical (unpaired) electrons. The molecule has 0 amide bonds. The fourth-order valence-electron chi connectivity index (χ4n) is 1.30. The summed E-state index contributed by atoms with van der Waals surface area (Å²) < 4.78 is 19.1. The van der Waals surface area contributed by atoms with Gasteiger partial charge in [-0.15, -0.1) is 11.6 Å². The fraction of sp³-hybridized carbons (Fsp3) is 0.167. The van der Waals surface area contributed by atoms with Gasteiger partial charge in [-0.25, -0.2) is 9.37 Å². The first-order valence-electron chi connectivity index (χ1n) is 5.11. The zero-order chi connectivity index (χ0) is 13.1. The second-order valence-electron chi connectivity index (χ2n) is 3.57. The molecule has 0 N–H and O–H groups in total. The van der Waals surface area contributed by atoms with Gasteiger partial charge in [-0.05, 0) is 35.0 Å². The van der Waals surface area contributed by atoms with Crippen molar-refractivity contribution in [1.29, 1.82) is 0 Å². The lowest BCUT2D eigenvalue weighted by molar-refractivity contribution is 0.433. The quantitative estimate of drug-likeness (QED) is 0.790. The number of benzene rings is 1. The first-order valence-corrected chi connectivity index (χ1v) is 6.44. The van der Waals surface area contributed by atoms with E-state index in [9.17, 15) is 4.39 Å². The highest BCUT2D eigenvalue weighted by atomic mass is 79.9. The van der Waals surface area contributed by atoms with Crippen LogP contribution in [0.2, 0.25) is 0 Å². The van der Waals surface area contributed by atoms with E-state index in [1.165, 1.54) is 12.1 Å². The van der Waals surface area contributed by atoms with Crippen LogP contribution in [-0.2, 0) is 5.88 Å². The summed E-state index contributed by atoms with van der Waals surface area (Å²) in [5.41, 5.74) is 1.57. The van der Waals surface area contributed by atoms with Crippen molar-refractivity contribution in [2.75, 3.05) is 0 Å². The molecule has 0 unspecified atom stereocenters. The maximum absolute atomic E-state index is 13.1. The number of nitrogens with zero attached hydrogens (tertiary/aromatic N) is 2. The van der Waals surface area contributed by atoms with Crippen molar-refractivity contribution in [2.45, 2.75) is 12.8 Å². The van der Waals surface area contributed by atoms with Gasteiger partial charge in [-0.1, -0.05) is 0 Å². The molecule has 6 heteroatoms. The second kappa shape index (κ2) is 5.63. The number of alkyl halides is 1. The van der Waals surface area contributed by atoms with Gasteiger partial charge >= 0.3 is 6.01 Å². The van der Waals surface area contributed by atoms with Gasteiger partial charge in [0.15, 0.2) is 0 Å². The summed E-state index contributed by atoms with van der Waals surface area (Å²) in [7, 11) is 0. The molecule has 18 heavy (non-hydrogen) atoms. The van der Waals surface area contributed by atoms with Gasteiger partial charge in [0.2, 0.25) is 0 Å². The minimum absolute atomic E-state index is 0.160. The highest BCUT2D eigenvalue weighted by molar-refractivity contribution is 9.10. The smallest absolute Gasteiger partial charge is 0.322 e. The van der Waals surface area contributed by atoms with Crippen LogP contribution in [0.25, 0.3) is 0 Å². The average molecular weight is 332 g/mol. The number of hydrogen-bond acceptors (Lipinski definition) is 3. The molecule has 2 aromatic rings. The Labute approximate surface area is 117 Å². The summed E-state index contributed by atoms with van der Waals surface area (Å²) in [6.07, 6.45) is 1.60. The monoisotopic (exact) mass is 330 g/mol. The Kier molecular flexibility index (Phi) is 4.14. The number of halogens is 3. The van der Waals surface area contributed by atoms with Crippen molar-refractivity contribution in [3.8, 4) is 11.8 Å². The van der Waals surface area contributed by atoms with Crippen molar-refractivity contribution in [1.82, 2.24) is 9.97 Å². The van der Waals surface area contributed by atoms with Gasteiger partial charge in [-0.2, -0.15) is 4.98 Å². The number of hydrogen-bond donors (Lipinski definition) is 0. The van der Waals surface area contributed by atoms with E-state index in [-0.39, 0.29) is 11.8 Å². The molecular formula is C12H9BrClFN2O. The van der Waals surface area contributed by atoms with Gasteiger partial charge < -0.3 is 4.74 Å². The van der Waals surface area contributed by atoms with Gasteiger partial charge in [0.25, 0.3) is 0 Å². The van der Waals surface area contributed by atoms with Crippen LogP contribution in [0.15, 0.2) is 28.9 Å². The van der Waals surface area contributed by atoms with E-state index in [1.54, 1.807) is 12.3 Å². The Morgan fingerprint density at radius 2 is 2.22 bits per heavy atom. The van der Waals surface area contributed by atoms with Crippen molar-refractivity contribution in [2.24, 2.45) is 0 Å². The Hall–Kier alpha value is -1.20. The molecule has 0 aliphatic heterocycles. The summed E-state index contributed by atoms with van der Waals surface area (Å²) >= 11 is 8.98. The molecule has 94 valence electrons. The molecule has 0 aliphatic rings. The van der Waals surface area contributed by atoms with Crippen LogP contribution in [0.4, 0.5) is 4.39 Å². The minimum Gasteiger partial charge on any atom is -0.423 e. The summed E-state index contributed by atoms with van der Waals surface area (Å²) in [6.45, 7) is 1.81. The molecule has 1 aromatic carbocycles. The van der Waals surface area contributed by atoms with E-state index in [1.807, 2.05) is 6.92 Å². The van der Waals surface area contributed by atoms with E-state index in [0.29, 0.717) is 16.1 Å². The highest BCUT2D eigenvalue weighted by Crippen LogP contribution is 2.28. The molecular weight excluding hydrogens is 322 g/mol. The molecule has 0 aliphatic carbocycles. The maximum Gasteiger partial charge on any atom is 0.322 e. The van der Waals surface area contributed by atoms with Crippen molar-refractivity contribution >= 4 is 27.5 Å². The lowest BCUT2D eigenvalue weighted by atomic mass is 10.3. The SMILES string of the molecule is Cc1nc(Oc2cc(F)ccc2Br)ncc1CCl. The van der Waals surface area contributed by atoms with Crippen LogP contribution in [-0.4, -0.2) is 9.97 Å². The third-order valence-corrected chi connectivity index (χ3v) is 3.24. The predicted molar refractivity (Wildman–Crippen MR) is 70.5 cm³/mol. The number of ether oxygens (including phenoxy) is 1.